The number of hydrogen-bond donors (Lipinski definition) is 3. The zero-order valence-corrected chi connectivity index (χ0v) is 22.0. The first kappa shape index (κ1) is 29.5. The van der Waals surface area contributed by atoms with E-state index in [1.807, 2.05) is 0 Å². The molecule has 3 rings (SSSR count). The molecule has 1 aliphatic carbocycles. The molecular formula is C24H36F3N5O6. The number of rotatable bonds is 6. The van der Waals surface area contributed by atoms with Crippen molar-refractivity contribution < 1.29 is 41.9 Å². The van der Waals surface area contributed by atoms with Gasteiger partial charge in [0, 0.05) is 13.1 Å². The highest BCUT2D eigenvalue weighted by Crippen LogP contribution is 2.42. The zero-order valence-electron chi connectivity index (χ0n) is 22.0. The van der Waals surface area contributed by atoms with Crippen molar-refractivity contribution in [2.45, 2.75) is 83.7 Å². The summed E-state index contributed by atoms with van der Waals surface area (Å²) in [7, 11) is 0. The van der Waals surface area contributed by atoms with Gasteiger partial charge >= 0.3 is 18.2 Å². The van der Waals surface area contributed by atoms with E-state index >= 15 is 0 Å². The number of carbonyl (C=O) groups is 5. The summed E-state index contributed by atoms with van der Waals surface area (Å²) in [5.74, 6) is -4.87. The number of hydrazine groups is 1. The maximum Gasteiger partial charge on any atom is 0.471 e. The van der Waals surface area contributed by atoms with Gasteiger partial charge in [-0.2, -0.15) is 13.2 Å². The number of amides is 5. The minimum Gasteiger partial charge on any atom is -0.442 e. The van der Waals surface area contributed by atoms with Gasteiger partial charge in [-0.15, -0.1) is 0 Å². The highest BCUT2D eigenvalue weighted by atomic mass is 19.4. The van der Waals surface area contributed by atoms with Gasteiger partial charge in [0.15, 0.2) is 0 Å². The standard InChI is InChI=1S/C24H36F3N5O6/c1-5-16(29-21(36)24(25,26)27)20(35)31-11-13-7-6-8-15(13)17(31)19(34)30-32(22(37)38-23(2,3)4)12-14-9-10-28-18(14)33/h13-17H,5-12H2,1-4H3,(H,28,33)(H,29,36)(H,30,34)/t13-,14-,15-,16?,17-/m0/s1. The molecule has 1 unspecified atom stereocenters. The normalized spacial score (nSPS) is 25.9. The third kappa shape index (κ3) is 6.87. The third-order valence-corrected chi connectivity index (χ3v) is 7.14. The lowest BCUT2D eigenvalue weighted by molar-refractivity contribution is -0.175. The van der Waals surface area contributed by atoms with Crippen LogP contribution < -0.4 is 16.1 Å². The quantitative estimate of drug-likeness (QED) is 0.431. The summed E-state index contributed by atoms with van der Waals surface area (Å²) in [6, 6.07) is -2.53. The Bertz CT molecular complexity index is 953. The molecule has 5 atom stereocenters. The van der Waals surface area contributed by atoms with Gasteiger partial charge in [-0.1, -0.05) is 13.3 Å². The summed E-state index contributed by atoms with van der Waals surface area (Å²) in [6.07, 6.45) is -3.52. The first-order valence-electron chi connectivity index (χ1n) is 12.9. The Morgan fingerprint density at radius 1 is 1.16 bits per heavy atom. The number of carbonyl (C=O) groups excluding carboxylic acids is 5. The Balaban J connectivity index is 1.82. The van der Waals surface area contributed by atoms with Crippen molar-refractivity contribution in [3.8, 4) is 0 Å². The summed E-state index contributed by atoms with van der Waals surface area (Å²) >= 11 is 0. The second-order valence-corrected chi connectivity index (χ2v) is 11.1. The number of nitrogens with one attached hydrogen (secondary N) is 3. The number of ether oxygens (including phenoxy) is 1. The molecule has 214 valence electrons. The second kappa shape index (κ2) is 11.4. The molecule has 0 bridgehead atoms. The number of nitrogens with zero attached hydrogens (tertiary/aromatic N) is 2. The number of hydrogen-bond acceptors (Lipinski definition) is 6. The molecular weight excluding hydrogens is 511 g/mol. The van der Waals surface area contributed by atoms with Crippen molar-refractivity contribution in [3.63, 3.8) is 0 Å². The molecule has 0 aromatic heterocycles. The van der Waals surface area contributed by atoms with Crippen molar-refractivity contribution in [2.24, 2.45) is 17.8 Å². The van der Waals surface area contributed by atoms with Gasteiger partial charge in [-0.3, -0.25) is 24.6 Å². The van der Waals surface area contributed by atoms with Gasteiger partial charge in [0.2, 0.25) is 11.8 Å². The van der Waals surface area contributed by atoms with Crippen LogP contribution in [-0.2, 0) is 23.9 Å². The van der Waals surface area contributed by atoms with Crippen molar-refractivity contribution in [1.29, 1.82) is 0 Å². The van der Waals surface area contributed by atoms with E-state index < -0.39 is 53.6 Å². The lowest BCUT2D eigenvalue weighted by Crippen LogP contribution is -2.59. The Morgan fingerprint density at radius 2 is 1.84 bits per heavy atom. The van der Waals surface area contributed by atoms with Crippen LogP contribution in [0.25, 0.3) is 0 Å². The van der Waals surface area contributed by atoms with E-state index in [2.05, 4.69) is 10.7 Å². The molecule has 2 heterocycles. The number of alkyl halides is 3. The van der Waals surface area contributed by atoms with Crippen LogP contribution in [0.3, 0.4) is 0 Å². The fourth-order valence-electron chi connectivity index (χ4n) is 5.37. The maximum absolute atomic E-state index is 13.6. The average Bonchev–Trinajstić information content (AvgIpc) is 3.50. The van der Waals surface area contributed by atoms with Crippen LogP contribution >= 0.6 is 0 Å². The average molecular weight is 548 g/mol. The number of halogens is 3. The molecule has 2 aliphatic heterocycles. The topological polar surface area (TPSA) is 137 Å². The van der Waals surface area contributed by atoms with Gasteiger partial charge in [-0.05, 0) is 58.3 Å². The SMILES string of the molecule is CCC(NC(=O)C(F)(F)F)C(=O)N1C[C@@H]2CCC[C@@H]2[C@H]1C(=O)NN(C[C@@H]1CCNC1=O)C(=O)OC(C)(C)C. The van der Waals surface area contributed by atoms with E-state index in [-0.39, 0.29) is 37.3 Å². The monoisotopic (exact) mass is 547 g/mol. The summed E-state index contributed by atoms with van der Waals surface area (Å²) in [4.78, 5) is 64.7. The van der Waals surface area contributed by atoms with Crippen molar-refractivity contribution >= 4 is 29.7 Å². The van der Waals surface area contributed by atoms with Gasteiger partial charge in [0.25, 0.3) is 5.91 Å². The lowest BCUT2D eigenvalue weighted by atomic mass is 9.93. The summed E-state index contributed by atoms with van der Waals surface area (Å²) in [6.45, 7) is 6.83. The first-order valence-corrected chi connectivity index (χ1v) is 12.9. The highest BCUT2D eigenvalue weighted by molar-refractivity contribution is 5.94. The molecule has 38 heavy (non-hydrogen) atoms. The van der Waals surface area contributed by atoms with E-state index in [0.29, 0.717) is 19.4 Å². The molecule has 5 amide bonds. The van der Waals surface area contributed by atoms with Crippen molar-refractivity contribution in [3.05, 3.63) is 0 Å². The third-order valence-electron chi connectivity index (χ3n) is 7.14. The molecule has 2 saturated heterocycles. The van der Waals surface area contributed by atoms with E-state index in [4.69, 9.17) is 4.74 Å². The van der Waals surface area contributed by atoms with Crippen LogP contribution in [0, 0.1) is 17.8 Å². The number of fused-ring (bicyclic) bond motifs is 1. The largest absolute Gasteiger partial charge is 0.471 e. The Labute approximate surface area is 219 Å². The van der Waals surface area contributed by atoms with Gasteiger partial charge in [0.05, 0.1) is 12.5 Å². The molecule has 14 heteroatoms. The molecule has 0 spiro atoms. The smallest absolute Gasteiger partial charge is 0.442 e. The Hall–Kier alpha value is -3.06. The molecule has 0 radical (unpaired) electrons. The zero-order chi connectivity index (χ0) is 28.4. The molecule has 3 N–H and O–H groups in total. The Morgan fingerprint density at radius 3 is 2.39 bits per heavy atom. The maximum atomic E-state index is 13.6. The van der Waals surface area contributed by atoms with E-state index in [0.717, 1.165) is 17.9 Å². The van der Waals surface area contributed by atoms with Crippen LogP contribution in [0.5, 0.6) is 0 Å². The van der Waals surface area contributed by atoms with Crippen LogP contribution in [0.4, 0.5) is 18.0 Å². The number of likely N-dealkylation sites (tertiary alicyclic amines) is 1. The molecule has 3 fully saturated rings. The summed E-state index contributed by atoms with van der Waals surface area (Å²) in [5.41, 5.74) is 1.63. The highest BCUT2D eigenvalue weighted by Gasteiger charge is 2.51. The van der Waals surface area contributed by atoms with E-state index in [1.54, 1.807) is 26.1 Å². The molecule has 0 aromatic rings. The minimum absolute atomic E-state index is 0.0406. The molecule has 3 aliphatic rings. The predicted molar refractivity (Wildman–Crippen MR) is 127 cm³/mol. The van der Waals surface area contributed by atoms with Gasteiger partial charge < -0.3 is 20.3 Å². The van der Waals surface area contributed by atoms with Crippen LogP contribution in [0.15, 0.2) is 0 Å². The van der Waals surface area contributed by atoms with Crippen LogP contribution in [-0.4, -0.2) is 83.1 Å². The van der Waals surface area contributed by atoms with Gasteiger partial charge in [-0.25, -0.2) is 9.80 Å². The van der Waals surface area contributed by atoms with Crippen molar-refractivity contribution in [2.75, 3.05) is 19.6 Å². The second-order valence-electron chi connectivity index (χ2n) is 11.1. The predicted octanol–water partition coefficient (Wildman–Crippen LogP) is 1.48. The van der Waals surface area contributed by atoms with Crippen molar-refractivity contribution in [1.82, 2.24) is 26.0 Å². The van der Waals surface area contributed by atoms with Crippen LogP contribution in [0.2, 0.25) is 0 Å². The van der Waals surface area contributed by atoms with Crippen LogP contribution in [0.1, 0.15) is 59.8 Å². The molecule has 0 aromatic carbocycles. The van der Waals surface area contributed by atoms with E-state index in [1.165, 1.54) is 11.8 Å². The summed E-state index contributed by atoms with van der Waals surface area (Å²) in [5, 5.41) is 5.33. The van der Waals surface area contributed by atoms with E-state index in [9.17, 15) is 37.1 Å². The fourth-order valence-corrected chi connectivity index (χ4v) is 5.37. The Kier molecular flexibility index (Phi) is 8.82. The minimum atomic E-state index is -5.16. The molecule has 1 saturated carbocycles. The molecule has 11 nitrogen and oxygen atoms in total. The fraction of sp³-hybridized carbons (Fsp3) is 0.792. The first-order chi connectivity index (χ1) is 17.6. The lowest BCUT2D eigenvalue weighted by Gasteiger charge is -2.33. The summed E-state index contributed by atoms with van der Waals surface area (Å²) < 4.78 is 43.9. The van der Waals surface area contributed by atoms with Gasteiger partial charge in [0.1, 0.15) is 17.7 Å².